The van der Waals surface area contributed by atoms with Crippen LogP contribution < -0.4 is 4.72 Å². The van der Waals surface area contributed by atoms with Gasteiger partial charge in [0, 0.05) is 6.54 Å². The van der Waals surface area contributed by atoms with Crippen molar-refractivity contribution in [3.8, 4) is 0 Å². The molecule has 0 amide bonds. The molecule has 0 aliphatic rings. The number of aryl methyl sites for hydroxylation is 1. The van der Waals surface area contributed by atoms with Crippen molar-refractivity contribution in [2.24, 2.45) is 0 Å². The molecule has 0 aliphatic carbocycles. The lowest BCUT2D eigenvalue weighted by Gasteiger charge is -2.21. The van der Waals surface area contributed by atoms with E-state index in [0.717, 1.165) is 22.2 Å². The lowest BCUT2D eigenvalue weighted by molar-refractivity contribution is 0.549. The number of hydrogen-bond acceptors (Lipinski definition) is 3. The van der Waals surface area contributed by atoms with E-state index in [1.54, 1.807) is 30.6 Å². The molecule has 0 unspecified atom stereocenters. The summed E-state index contributed by atoms with van der Waals surface area (Å²) in [5.74, 6) is 0. The van der Waals surface area contributed by atoms with Gasteiger partial charge in [-0.25, -0.2) is 18.1 Å². The van der Waals surface area contributed by atoms with Crippen LogP contribution >= 0.6 is 0 Å². The predicted octanol–water partition coefficient (Wildman–Crippen LogP) is 3.91. The summed E-state index contributed by atoms with van der Waals surface area (Å²) >= 11 is 0. The molecular weight excluding hydrogens is 370 g/mol. The van der Waals surface area contributed by atoms with Crippen molar-refractivity contribution in [3.05, 3.63) is 96.3 Å². The van der Waals surface area contributed by atoms with E-state index >= 15 is 0 Å². The minimum absolute atomic E-state index is 0.214. The van der Waals surface area contributed by atoms with Crippen LogP contribution in [0.2, 0.25) is 0 Å². The van der Waals surface area contributed by atoms with E-state index in [1.165, 1.54) is 0 Å². The monoisotopic (exact) mass is 391 g/mol. The zero-order valence-electron chi connectivity index (χ0n) is 15.5. The van der Waals surface area contributed by atoms with Crippen molar-refractivity contribution >= 4 is 21.1 Å². The third-order valence-electron chi connectivity index (χ3n) is 4.80. The maximum absolute atomic E-state index is 12.8. The standard InChI is InChI=1S/C22H21N3O2S/c1-17-11-13-19(14-12-17)28(26,27)24-15-22(18-7-3-2-4-8-18)25-16-23-20-9-5-6-10-21(20)25/h2-14,16,22,24H,15H2,1H3/t22-/m1/s1. The van der Waals surface area contributed by atoms with E-state index in [2.05, 4.69) is 9.71 Å². The molecule has 4 aromatic rings. The number of nitrogens with one attached hydrogen (secondary N) is 1. The molecule has 1 aromatic heterocycles. The quantitative estimate of drug-likeness (QED) is 0.542. The van der Waals surface area contributed by atoms with Crippen LogP contribution in [-0.4, -0.2) is 24.5 Å². The highest BCUT2D eigenvalue weighted by Gasteiger charge is 2.20. The molecule has 142 valence electrons. The predicted molar refractivity (Wildman–Crippen MR) is 111 cm³/mol. The largest absolute Gasteiger partial charge is 0.322 e. The fourth-order valence-electron chi connectivity index (χ4n) is 3.27. The van der Waals surface area contributed by atoms with E-state index in [-0.39, 0.29) is 17.5 Å². The Balaban J connectivity index is 1.68. The average molecular weight is 391 g/mol. The molecule has 0 radical (unpaired) electrons. The fourth-order valence-corrected chi connectivity index (χ4v) is 4.31. The smallest absolute Gasteiger partial charge is 0.240 e. The Kier molecular flexibility index (Phi) is 4.98. The highest BCUT2D eigenvalue weighted by molar-refractivity contribution is 7.89. The minimum Gasteiger partial charge on any atom is -0.322 e. The Bertz CT molecular complexity index is 1180. The molecule has 1 N–H and O–H groups in total. The minimum atomic E-state index is -3.61. The second-order valence-electron chi connectivity index (χ2n) is 6.73. The van der Waals surface area contributed by atoms with Gasteiger partial charge in [0.25, 0.3) is 0 Å². The Morgan fingerprint density at radius 1 is 0.929 bits per heavy atom. The van der Waals surface area contributed by atoms with Gasteiger partial charge < -0.3 is 4.57 Å². The van der Waals surface area contributed by atoms with E-state index in [0.29, 0.717) is 0 Å². The lowest BCUT2D eigenvalue weighted by atomic mass is 10.1. The third kappa shape index (κ3) is 3.69. The van der Waals surface area contributed by atoms with Gasteiger partial charge in [0.05, 0.1) is 28.3 Å². The Labute approximate surface area is 164 Å². The number of fused-ring (bicyclic) bond motifs is 1. The van der Waals surface area contributed by atoms with Crippen LogP contribution in [0.5, 0.6) is 0 Å². The zero-order chi connectivity index (χ0) is 19.6. The number of hydrogen-bond donors (Lipinski definition) is 1. The van der Waals surface area contributed by atoms with Crippen molar-refractivity contribution in [1.29, 1.82) is 0 Å². The Hall–Kier alpha value is -2.96. The molecular formula is C22H21N3O2S. The van der Waals surface area contributed by atoms with E-state index < -0.39 is 10.0 Å². The highest BCUT2D eigenvalue weighted by Crippen LogP contribution is 2.24. The van der Waals surface area contributed by atoms with Crippen LogP contribution in [0.3, 0.4) is 0 Å². The van der Waals surface area contributed by atoms with Gasteiger partial charge in [-0.05, 0) is 36.8 Å². The fraction of sp³-hybridized carbons (Fsp3) is 0.136. The molecule has 5 nitrogen and oxygen atoms in total. The lowest BCUT2D eigenvalue weighted by Crippen LogP contribution is -2.31. The molecule has 0 aliphatic heterocycles. The Morgan fingerprint density at radius 3 is 2.36 bits per heavy atom. The van der Waals surface area contributed by atoms with Gasteiger partial charge in [0.15, 0.2) is 0 Å². The van der Waals surface area contributed by atoms with E-state index in [4.69, 9.17) is 0 Å². The van der Waals surface area contributed by atoms with Crippen LogP contribution in [0.15, 0.2) is 90.1 Å². The van der Waals surface area contributed by atoms with Crippen molar-refractivity contribution < 1.29 is 8.42 Å². The summed E-state index contributed by atoms with van der Waals surface area (Å²) < 4.78 is 30.3. The molecule has 4 rings (SSSR count). The summed E-state index contributed by atoms with van der Waals surface area (Å²) in [5, 5.41) is 0. The van der Waals surface area contributed by atoms with Crippen LogP contribution in [-0.2, 0) is 10.0 Å². The van der Waals surface area contributed by atoms with Crippen LogP contribution in [0.4, 0.5) is 0 Å². The summed E-state index contributed by atoms with van der Waals surface area (Å²) in [6, 6.07) is 24.3. The SMILES string of the molecule is Cc1ccc(S(=O)(=O)NC[C@H](c2ccccc2)n2cnc3ccccc32)cc1. The maximum Gasteiger partial charge on any atom is 0.240 e. The second-order valence-corrected chi connectivity index (χ2v) is 8.50. The summed E-state index contributed by atoms with van der Waals surface area (Å²) in [6.45, 7) is 2.15. The normalized spacial score (nSPS) is 12.9. The number of imidazole rings is 1. The average Bonchev–Trinajstić information content (AvgIpc) is 3.13. The molecule has 28 heavy (non-hydrogen) atoms. The summed E-state index contributed by atoms with van der Waals surface area (Å²) in [7, 11) is -3.61. The molecule has 0 saturated heterocycles. The summed E-state index contributed by atoms with van der Waals surface area (Å²) in [5.41, 5.74) is 3.87. The molecule has 1 heterocycles. The molecule has 0 fully saturated rings. The first-order valence-corrected chi connectivity index (χ1v) is 10.6. The third-order valence-corrected chi connectivity index (χ3v) is 6.24. The van der Waals surface area contributed by atoms with Crippen LogP contribution in [0.25, 0.3) is 11.0 Å². The van der Waals surface area contributed by atoms with Crippen molar-refractivity contribution in [1.82, 2.24) is 14.3 Å². The summed E-state index contributed by atoms with van der Waals surface area (Å²) in [6.07, 6.45) is 1.77. The first-order valence-electron chi connectivity index (χ1n) is 9.07. The zero-order valence-corrected chi connectivity index (χ0v) is 16.3. The number of aromatic nitrogens is 2. The summed E-state index contributed by atoms with van der Waals surface area (Å²) in [4.78, 5) is 4.73. The van der Waals surface area contributed by atoms with Crippen molar-refractivity contribution in [3.63, 3.8) is 0 Å². The molecule has 1 atom stereocenters. The first kappa shape index (κ1) is 18.4. The topological polar surface area (TPSA) is 64.0 Å². The maximum atomic E-state index is 12.8. The van der Waals surface area contributed by atoms with Gasteiger partial charge >= 0.3 is 0 Å². The van der Waals surface area contributed by atoms with Gasteiger partial charge in [-0.3, -0.25) is 0 Å². The second kappa shape index (κ2) is 7.58. The number of rotatable bonds is 6. The van der Waals surface area contributed by atoms with Gasteiger partial charge in [0.1, 0.15) is 0 Å². The first-order chi connectivity index (χ1) is 13.5. The molecule has 3 aromatic carbocycles. The molecule has 0 bridgehead atoms. The van der Waals surface area contributed by atoms with Crippen molar-refractivity contribution in [2.45, 2.75) is 17.9 Å². The number of nitrogens with zero attached hydrogens (tertiary/aromatic N) is 2. The van der Waals surface area contributed by atoms with Gasteiger partial charge in [-0.1, -0.05) is 60.2 Å². The van der Waals surface area contributed by atoms with E-state index in [9.17, 15) is 8.42 Å². The molecule has 0 saturated carbocycles. The van der Waals surface area contributed by atoms with Gasteiger partial charge in [-0.15, -0.1) is 0 Å². The number of benzene rings is 3. The van der Waals surface area contributed by atoms with Gasteiger partial charge in [-0.2, -0.15) is 0 Å². The molecule has 6 heteroatoms. The molecule has 0 spiro atoms. The van der Waals surface area contributed by atoms with E-state index in [1.807, 2.05) is 66.1 Å². The van der Waals surface area contributed by atoms with Crippen molar-refractivity contribution in [2.75, 3.05) is 6.54 Å². The van der Waals surface area contributed by atoms with Crippen LogP contribution in [0, 0.1) is 6.92 Å². The number of para-hydroxylation sites is 2. The Morgan fingerprint density at radius 2 is 1.61 bits per heavy atom. The van der Waals surface area contributed by atoms with Gasteiger partial charge in [0.2, 0.25) is 10.0 Å². The number of sulfonamides is 1. The highest BCUT2D eigenvalue weighted by atomic mass is 32.2. The van der Waals surface area contributed by atoms with Crippen LogP contribution in [0.1, 0.15) is 17.2 Å².